The number of halogens is 1. The van der Waals surface area contributed by atoms with Crippen molar-refractivity contribution in [1.82, 2.24) is 4.90 Å². The van der Waals surface area contributed by atoms with Gasteiger partial charge in [-0.05, 0) is 25.9 Å². The lowest BCUT2D eigenvalue weighted by molar-refractivity contribution is 0.328. The summed E-state index contributed by atoms with van der Waals surface area (Å²) in [5.41, 5.74) is 0. The molecule has 0 aromatic rings. The lowest BCUT2D eigenvalue weighted by Gasteiger charge is -2.14. The first kappa shape index (κ1) is 16.5. The quantitative estimate of drug-likeness (QED) is 0.365. The molecule has 0 saturated carbocycles. The number of likely N-dealkylation sites (tertiary alicyclic amines) is 1. The van der Waals surface area contributed by atoms with Gasteiger partial charge in [0.05, 0.1) is 0 Å². The molecule has 1 heterocycles. The van der Waals surface area contributed by atoms with E-state index in [9.17, 15) is 0 Å². The van der Waals surface area contributed by atoms with E-state index in [-0.39, 0.29) is 0 Å². The van der Waals surface area contributed by atoms with Gasteiger partial charge in [0.25, 0.3) is 0 Å². The number of alkyl halides is 1. The van der Waals surface area contributed by atoms with Gasteiger partial charge in [0.15, 0.2) is 0 Å². The van der Waals surface area contributed by atoms with Crippen molar-refractivity contribution in [2.75, 3.05) is 19.6 Å². The Morgan fingerprint density at radius 3 is 1.94 bits per heavy atom. The van der Waals surface area contributed by atoms with Crippen molar-refractivity contribution < 1.29 is 0 Å². The van der Waals surface area contributed by atoms with E-state index in [0.717, 1.165) is 4.83 Å². The zero-order chi connectivity index (χ0) is 13.1. The normalized spacial score (nSPS) is 20.7. The molecule has 0 N–H and O–H groups in total. The number of hydrogen-bond donors (Lipinski definition) is 0. The Hall–Kier alpha value is 0.440. The van der Waals surface area contributed by atoms with E-state index in [1.54, 1.807) is 0 Å². The third-order valence-electron chi connectivity index (χ3n) is 4.04. The van der Waals surface area contributed by atoms with Crippen molar-refractivity contribution in [3.05, 3.63) is 0 Å². The molecular formula is C16H32BrN. The van der Waals surface area contributed by atoms with E-state index >= 15 is 0 Å². The van der Waals surface area contributed by atoms with Crippen LogP contribution in [0.15, 0.2) is 0 Å². The van der Waals surface area contributed by atoms with Crippen LogP contribution in [0.25, 0.3) is 0 Å². The van der Waals surface area contributed by atoms with Crippen LogP contribution in [-0.2, 0) is 0 Å². The highest BCUT2D eigenvalue weighted by molar-refractivity contribution is 9.09. The SMILES string of the molecule is CCCCCCCCCCCCN1CCC(Br)C1. The predicted octanol–water partition coefficient (Wildman–Crippen LogP) is 5.38. The lowest BCUT2D eigenvalue weighted by atomic mass is 10.1. The fraction of sp³-hybridized carbons (Fsp3) is 1.00. The fourth-order valence-corrected chi connectivity index (χ4v) is 3.43. The molecule has 1 aliphatic heterocycles. The second kappa shape index (κ2) is 11.3. The van der Waals surface area contributed by atoms with Crippen molar-refractivity contribution in [3.63, 3.8) is 0 Å². The summed E-state index contributed by atoms with van der Waals surface area (Å²) in [6.45, 7) is 6.21. The Morgan fingerprint density at radius 1 is 0.889 bits per heavy atom. The summed E-state index contributed by atoms with van der Waals surface area (Å²) in [7, 11) is 0. The highest BCUT2D eigenvalue weighted by atomic mass is 79.9. The molecule has 0 amide bonds. The van der Waals surface area contributed by atoms with E-state index in [2.05, 4.69) is 27.8 Å². The van der Waals surface area contributed by atoms with Crippen molar-refractivity contribution >= 4 is 15.9 Å². The maximum atomic E-state index is 3.71. The summed E-state index contributed by atoms with van der Waals surface area (Å²) in [4.78, 5) is 3.38. The van der Waals surface area contributed by atoms with Gasteiger partial charge in [-0.2, -0.15) is 0 Å². The zero-order valence-corrected chi connectivity index (χ0v) is 13.9. The average molecular weight is 318 g/mol. The Labute approximate surface area is 123 Å². The van der Waals surface area contributed by atoms with Gasteiger partial charge < -0.3 is 4.90 Å². The van der Waals surface area contributed by atoms with Gasteiger partial charge in [-0.1, -0.05) is 80.6 Å². The van der Waals surface area contributed by atoms with Crippen molar-refractivity contribution in [1.29, 1.82) is 0 Å². The van der Waals surface area contributed by atoms with Crippen LogP contribution in [-0.4, -0.2) is 29.4 Å². The third kappa shape index (κ3) is 8.53. The first-order valence-corrected chi connectivity index (χ1v) is 9.11. The molecule has 0 spiro atoms. The maximum absolute atomic E-state index is 3.71. The molecule has 18 heavy (non-hydrogen) atoms. The standard InChI is InChI=1S/C16H32BrN/c1-2-3-4-5-6-7-8-9-10-11-13-18-14-12-16(17)15-18/h16H,2-15H2,1H3. The Morgan fingerprint density at radius 2 is 1.44 bits per heavy atom. The Kier molecular flexibility index (Phi) is 10.3. The van der Waals surface area contributed by atoms with Crippen LogP contribution in [0.1, 0.15) is 77.6 Å². The third-order valence-corrected chi connectivity index (χ3v) is 4.79. The smallest absolute Gasteiger partial charge is 0.0285 e. The van der Waals surface area contributed by atoms with Crippen molar-refractivity contribution in [3.8, 4) is 0 Å². The monoisotopic (exact) mass is 317 g/mol. The molecular weight excluding hydrogens is 286 g/mol. The summed E-state index contributed by atoms with van der Waals surface area (Å²) in [5, 5.41) is 0. The van der Waals surface area contributed by atoms with Crippen LogP contribution in [0, 0.1) is 0 Å². The van der Waals surface area contributed by atoms with Gasteiger partial charge in [0.2, 0.25) is 0 Å². The maximum Gasteiger partial charge on any atom is 0.0285 e. The molecule has 0 radical (unpaired) electrons. The van der Waals surface area contributed by atoms with Gasteiger partial charge in [-0.25, -0.2) is 0 Å². The molecule has 0 aromatic carbocycles. The van der Waals surface area contributed by atoms with Gasteiger partial charge in [-0.3, -0.25) is 0 Å². The Balaban J connectivity index is 1.73. The van der Waals surface area contributed by atoms with E-state index in [0.29, 0.717) is 0 Å². The molecule has 2 heteroatoms. The van der Waals surface area contributed by atoms with E-state index in [4.69, 9.17) is 0 Å². The minimum absolute atomic E-state index is 0.764. The van der Waals surface area contributed by atoms with E-state index < -0.39 is 0 Å². The van der Waals surface area contributed by atoms with Crippen molar-refractivity contribution in [2.45, 2.75) is 82.4 Å². The van der Waals surface area contributed by atoms with Gasteiger partial charge in [0.1, 0.15) is 0 Å². The Bertz CT molecular complexity index is 184. The second-order valence-corrected chi connectivity index (χ2v) is 7.16. The van der Waals surface area contributed by atoms with Crippen LogP contribution >= 0.6 is 15.9 Å². The molecule has 1 fully saturated rings. The van der Waals surface area contributed by atoms with E-state index in [1.165, 1.54) is 90.3 Å². The highest BCUT2D eigenvalue weighted by Gasteiger charge is 2.18. The first-order valence-electron chi connectivity index (χ1n) is 8.19. The van der Waals surface area contributed by atoms with Gasteiger partial charge in [-0.15, -0.1) is 0 Å². The summed E-state index contributed by atoms with van der Waals surface area (Å²) < 4.78 is 0. The molecule has 1 nitrogen and oxygen atoms in total. The first-order chi connectivity index (χ1) is 8.83. The summed E-state index contributed by atoms with van der Waals surface area (Å²) in [6, 6.07) is 0. The topological polar surface area (TPSA) is 3.24 Å². The molecule has 1 rings (SSSR count). The predicted molar refractivity (Wildman–Crippen MR) is 85.6 cm³/mol. The number of rotatable bonds is 11. The van der Waals surface area contributed by atoms with Crippen molar-refractivity contribution in [2.24, 2.45) is 0 Å². The number of unbranched alkanes of at least 4 members (excludes halogenated alkanes) is 9. The fourth-order valence-electron chi connectivity index (χ4n) is 2.81. The number of nitrogens with zero attached hydrogens (tertiary/aromatic N) is 1. The van der Waals surface area contributed by atoms with Crippen LogP contribution in [0.4, 0.5) is 0 Å². The number of hydrogen-bond acceptors (Lipinski definition) is 1. The molecule has 108 valence electrons. The second-order valence-electron chi connectivity index (χ2n) is 5.87. The minimum Gasteiger partial charge on any atom is -0.302 e. The zero-order valence-electron chi connectivity index (χ0n) is 12.3. The van der Waals surface area contributed by atoms with Crippen LogP contribution in [0.3, 0.4) is 0 Å². The molecule has 1 saturated heterocycles. The van der Waals surface area contributed by atoms with Crippen LogP contribution in [0.5, 0.6) is 0 Å². The average Bonchev–Trinajstić information content (AvgIpc) is 2.77. The van der Waals surface area contributed by atoms with Gasteiger partial charge in [0, 0.05) is 11.4 Å². The van der Waals surface area contributed by atoms with Crippen LogP contribution < -0.4 is 0 Å². The molecule has 1 atom stereocenters. The summed E-state index contributed by atoms with van der Waals surface area (Å²) in [5.74, 6) is 0. The summed E-state index contributed by atoms with van der Waals surface area (Å²) in [6.07, 6.45) is 15.8. The molecule has 0 bridgehead atoms. The summed E-state index contributed by atoms with van der Waals surface area (Å²) >= 11 is 3.71. The molecule has 1 aliphatic rings. The molecule has 1 unspecified atom stereocenters. The van der Waals surface area contributed by atoms with Crippen LogP contribution in [0.2, 0.25) is 0 Å². The van der Waals surface area contributed by atoms with E-state index in [1.807, 2.05) is 0 Å². The van der Waals surface area contributed by atoms with Gasteiger partial charge >= 0.3 is 0 Å². The highest BCUT2D eigenvalue weighted by Crippen LogP contribution is 2.17. The minimum atomic E-state index is 0.764. The molecule has 0 aromatic heterocycles. The lowest BCUT2D eigenvalue weighted by Crippen LogP contribution is -2.21. The largest absolute Gasteiger partial charge is 0.302 e. The molecule has 0 aliphatic carbocycles.